The van der Waals surface area contributed by atoms with E-state index >= 15 is 0 Å². The predicted octanol–water partition coefficient (Wildman–Crippen LogP) is 1.08. The van der Waals surface area contributed by atoms with Gasteiger partial charge < -0.3 is 29.2 Å². The Bertz CT molecular complexity index is 1000. The number of carbonyl (C=O) groups excluding carboxylic acids is 2. The van der Waals surface area contributed by atoms with Crippen molar-refractivity contribution in [1.29, 1.82) is 5.26 Å². The van der Waals surface area contributed by atoms with Crippen LogP contribution in [0.25, 0.3) is 6.08 Å². The first-order chi connectivity index (χ1) is 15.0. The van der Waals surface area contributed by atoms with Crippen LogP contribution in [-0.4, -0.2) is 56.7 Å². The van der Waals surface area contributed by atoms with Gasteiger partial charge in [-0.3, -0.25) is 4.79 Å². The zero-order valence-electron chi connectivity index (χ0n) is 17.1. The van der Waals surface area contributed by atoms with Crippen LogP contribution in [0.4, 0.5) is 5.69 Å². The van der Waals surface area contributed by atoms with Crippen molar-refractivity contribution in [2.24, 2.45) is 0 Å². The highest BCUT2D eigenvalue weighted by atomic mass is 16.5. The number of carbonyl (C=O) groups is 2. The molecule has 0 saturated carbocycles. The van der Waals surface area contributed by atoms with Crippen molar-refractivity contribution in [2.45, 2.75) is 0 Å². The Balaban J connectivity index is 1.68. The van der Waals surface area contributed by atoms with Gasteiger partial charge in [0.15, 0.2) is 0 Å². The van der Waals surface area contributed by atoms with Crippen molar-refractivity contribution in [1.82, 2.24) is 4.90 Å². The third-order valence-corrected chi connectivity index (χ3v) is 4.92. The molecular weight excluding hydrogens is 398 g/mol. The van der Waals surface area contributed by atoms with Crippen molar-refractivity contribution < 1.29 is 24.2 Å². The molecule has 160 valence electrons. The van der Waals surface area contributed by atoms with Crippen molar-refractivity contribution in [2.75, 3.05) is 44.8 Å². The molecule has 0 N–H and O–H groups in total. The van der Waals surface area contributed by atoms with Gasteiger partial charge in [-0.1, -0.05) is 18.2 Å². The lowest BCUT2D eigenvalue weighted by Gasteiger charge is -2.36. The number of nitrogens with zero attached hydrogens (tertiary/aromatic N) is 3. The summed E-state index contributed by atoms with van der Waals surface area (Å²) in [4.78, 5) is 27.4. The van der Waals surface area contributed by atoms with Crippen LogP contribution in [0.5, 0.6) is 11.5 Å². The van der Waals surface area contributed by atoms with E-state index in [1.54, 1.807) is 36.3 Å². The molecule has 1 heterocycles. The summed E-state index contributed by atoms with van der Waals surface area (Å²) in [5.41, 5.74) is 1.45. The molecule has 2 aromatic carbocycles. The smallest absolute Gasteiger partial charge is 0.264 e. The van der Waals surface area contributed by atoms with Crippen LogP contribution in [0, 0.1) is 11.3 Å². The molecule has 1 amide bonds. The lowest BCUT2D eigenvalue weighted by molar-refractivity contribution is -0.307. The van der Waals surface area contributed by atoms with Gasteiger partial charge in [0.05, 0.1) is 13.1 Å². The van der Waals surface area contributed by atoms with Gasteiger partial charge in [0.1, 0.15) is 29.7 Å². The lowest BCUT2D eigenvalue weighted by Crippen LogP contribution is -2.49. The Morgan fingerprint density at radius 1 is 1.10 bits per heavy atom. The molecule has 1 aliphatic heterocycles. The van der Waals surface area contributed by atoms with Gasteiger partial charge in [0.2, 0.25) is 0 Å². The summed E-state index contributed by atoms with van der Waals surface area (Å²) in [5, 5.41) is 20.2. The number of nitriles is 1. The summed E-state index contributed by atoms with van der Waals surface area (Å²) < 4.78 is 10.4. The summed E-state index contributed by atoms with van der Waals surface area (Å²) in [6, 6.07) is 16.3. The molecular formula is C23H22N3O5-. The van der Waals surface area contributed by atoms with E-state index in [0.717, 1.165) is 11.4 Å². The fraction of sp³-hybridized carbons (Fsp3) is 0.261. The molecule has 1 saturated heterocycles. The van der Waals surface area contributed by atoms with Crippen LogP contribution < -0.4 is 19.5 Å². The second-order valence-corrected chi connectivity index (χ2v) is 6.85. The summed E-state index contributed by atoms with van der Waals surface area (Å²) >= 11 is 0. The van der Waals surface area contributed by atoms with Crippen molar-refractivity contribution in [3.63, 3.8) is 0 Å². The van der Waals surface area contributed by atoms with E-state index in [4.69, 9.17) is 9.47 Å². The molecule has 3 rings (SSSR count). The fourth-order valence-corrected chi connectivity index (χ4v) is 3.30. The number of methoxy groups -OCH3 is 1. The summed E-state index contributed by atoms with van der Waals surface area (Å²) in [7, 11) is 1.62. The number of rotatable bonds is 7. The summed E-state index contributed by atoms with van der Waals surface area (Å²) in [6.45, 7) is 1.62. The minimum atomic E-state index is -1.36. The molecule has 8 nitrogen and oxygen atoms in total. The van der Waals surface area contributed by atoms with E-state index in [2.05, 4.69) is 4.90 Å². The van der Waals surface area contributed by atoms with Gasteiger partial charge in [0, 0.05) is 37.4 Å². The van der Waals surface area contributed by atoms with Gasteiger partial charge in [-0.05, 0) is 36.4 Å². The maximum absolute atomic E-state index is 12.9. The number of hydrogen-bond acceptors (Lipinski definition) is 7. The maximum Gasteiger partial charge on any atom is 0.264 e. The molecule has 0 radical (unpaired) electrons. The Kier molecular flexibility index (Phi) is 7.12. The van der Waals surface area contributed by atoms with Crippen molar-refractivity contribution in [3.05, 3.63) is 59.7 Å². The van der Waals surface area contributed by atoms with Crippen molar-refractivity contribution in [3.8, 4) is 17.6 Å². The quantitative estimate of drug-likeness (QED) is 0.487. The topological polar surface area (TPSA) is 106 Å². The molecule has 0 spiro atoms. The highest BCUT2D eigenvalue weighted by Crippen LogP contribution is 2.23. The minimum Gasteiger partial charge on any atom is -0.546 e. The number of anilines is 1. The van der Waals surface area contributed by atoms with Crippen LogP contribution in [0.15, 0.2) is 54.1 Å². The second-order valence-electron chi connectivity index (χ2n) is 6.85. The molecule has 0 aliphatic carbocycles. The van der Waals surface area contributed by atoms with Crippen LogP contribution >= 0.6 is 0 Å². The highest BCUT2D eigenvalue weighted by Gasteiger charge is 2.24. The third-order valence-electron chi connectivity index (χ3n) is 4.92. The van der Waals surface area contributed by atoms with Crippen molar-refractivity contribution >= 4 is 23.6 Å². The van der Waals surface area contributed by atoms with Crippen LogP contribution in [0.1, 0.15) is 5.56 Å². The first-order valence-corrected chi connectivity index (χ1v) is 9.73. The Morgan fingerprint density at radius 2 is 1.77 bits per heavy atom. The number of amides is 1. The number of hydrogen-bond donors (Lipinski definition) is 0. The molecule has 2 aromatic rings. The maximum atomic E-state index is 12.9. The van der Waals surface area contributed by atoms with Gasteiger partial charge in [-0.15, -0.1) is 0 Å². The molecule has 1 fully saturated rings. The Morgan fingerprint density at radius 3 is 2.39 bits per heavy atom. The number of piperazine rings is 1. The van der Waals surface area contributed by atoms with Gasteiger partial charge in [-0.25, -0.2) is 0 Å². The highest BCUT2D eigenvalue weighted by molar-refractivity contribution is 6.02. The second kappa shape index (κ2) is 10.2. The average Bonchev–Trinajstić information content (AvgIpc) is 2.81. The van der Waals surface area contributed by atoms with Gasteiger partial charge in [-0.2, -0.15) is 5.26 Å². The summed E-state index contributed by atoms with van der Waals surface area (Å²) in [5.74, 6) is -0.682. The molecule has 0 unspecified atom stereocenters. The SMILES string of the molecule is COc1ccc(N2CCN(C(=O)/C(C#N)=C/c3ccccc3OCC(=O)[O-])CC2)cc1. The third kappa shape index (κ3) is 5.54. The number of ether oxygens (including phenoxy) is 2. The number of carboxylic acids is 1. The standard InChI is InChI=1S/C23H23N3O5/c1-30-20-8-6-19(7-9-20)25-10-12-26(13-11-25)23(29)18(15-24)14-17-4-2-3-5-21(17)31-16-22(27)28/h2-9,14H,10-13,16H2,1H3,(H,27,28)/p-1/b18-14+. The molecule has 31 heavy (non-hydrogen) atoms. The molecule has 1 aliphatic rings. The van der Waals surface area contributed by atoms with Gasteiger partial charge in [0.25, 0.3) is 5.91 Å². The first-order valence-electron chi connectivity index (χ1n) is 9.73. The fourth-order valence-electron chi connectivity index (χ4n) is 3.30. The average molecular weight is 420 g/mol. The van der Waals surface area contributed by atoms with Crippen LogP contribution in [-0.2, 0) is 9.59 Å². The van der Waals surface area contributed by atoms with E-state index in [1.165, 1.54) is 6.08 Å². The van der Waals surface area contributed by atoms with E-state index in [9.17, 15) is 20.0 Å². The number of benzene rings is 2. The lowest BCUT2D eigenvalue weighted by atomic mass is 10.1. The predicted molar refractivity (Wildman–Crippen MR) is 112 cm³/mol. The largest absolute Gasteiger partial charge is 0.546 e. The minimum absolute atomic E-state index is 0.0394. The molecule has 0 atom stereocenters. The van der Waals surface area contributed by atoms with E-state index < -0.39 is 12.6 Å². The van der Waals surface area contributed by atoms with Crippen LogP contribution in [0.3, 0.4) is 0 Å². The first kappa shape index (κ1) is 21.7. The van der Waals surface area contributed by atoms with E-state index in [1.807, 2.05) is 30.3 Å². The molecule has 0 aromatic heterocycles. The van der Waals surface area contributed by atoms with E-state index in [0.29, 0.717) is 31.7 Å². The molecule has 8 heteroatoms. The molecule has 0 bridgehead atoms. The zero-order chi connectivity index (χ0) is 22.2. The normalized spacial score (nSPS) is 14.0. The van der Waals surface area contributed by atoms with Crippen LogP contribution in [0.2, 0.25) is 0 Å². The number of carboxylic acid groups (broad SMARTS) is 1. The Hall–Kier alpha value is -3.99. The Labute approximate surface area is 180 Å². The number of para-hydroxylation sites is 1. The van der Waals surface area contributed by atoms with E-state index in [-0.39, 0.29) is 17.2 Å². The van der Waals surface area contributed by atoms with Gasteiger partial charge >= 0.3 is 0 Å². The summed E-state index contributed by atoms with van der Waals surface area (Å²) in [6.07, 6.45) is 1.42. The monoisotopic (exact) mass is 420 g/mol. The number of aliphatic carboxylic acids is 1. The zero-order valence-corrected chi connectivity index (χ0v) is 17.1.